The van der Waals surface area contributed by atoms with Crippen molar-refractivity contribution in [3.05, 3.63) is 48.0 Å². The van der Waals surface area contributed by atoms with Gasteiger partial charge in [-0.05, 0) is 36.6 Å². The summed E-state index contributed by atoms with van der Waals surface area (Å²) in [6.45, 7) is 2.21. The second-order valence-corrected chi connectivity index (χ2v) is 8.04. The molecule has 0 spiro atoms. The number of ether oxygens (including phenoxy) is 1. The topological polar surface area (TPSA) is 86.7 Å². The van der Waals surface area contributed by atoms with E-state index in [2.05, 4.69) is 6.92 Å². The Morgan fingerprint density at radius 2 is 1.61 bits per heavy atom. The summed E-state index contributed by atoms with van der Waals surface area (Å²) in [6.07, 6.45) is 9.55. The molecule has 2 rings (SSSR count). The first-order valence-corrected chi connectivity index (χ1v) is 10.9. The SMILES string of the molecule is CCCCCCCCCc1cccc(Oc2cccc([O-])c2S(=O)(=O)O)c1.[Na+]. The van der Waals surface area contributed by atoms with Crippen molar-refractivity contribution in [2.75, 3.05) is 0 Å². The average molecular weight is 414 g/mol. The minimum Gasteiger partial charge on any atom is -0.871 e. The van der Waals surface area contributed by atoms with Crippen molar-refractivity contribution in [2.24, 2.45) is 0 Å². The van der Waals surface area contributed by atoms with Crippen LogP contribution in [0.5, 0.6) is 17.2 Å². The van der Waals surface area contributed by atoms with Gasteiger partial charge in [0.15, 0.2) is 0 Å². The first-order chi connectivity index (χ1) is 12.9. The summed E-state index contributed by atoms with van der Waals surface area (Å²) in [5.74, 6) is -0.529. The molecule has 0 saturated carbocycles. The van der Waals surface area contributed by atoms with Crippen molar-refractivity contribution in [3.8, 4) is 17.2 Å². The Kier molecular flexibility index (Phi) is 11.2. The van der Waals surface area contributed by atoms with E-state index in [0.717, 1.165) is 24.5 Å². The minimum absolute atomic E-state index is 0. The van der Waals surface area contributed by atoms with Gasteiger partial charge in [-0.2, -0.15) is 8.42 Å². The van der Waals surface area contributed by atoms with E-state index in [9.17, 15) is 18.1 Å². The van der Waals surface area contributed by atoms with E-state index in [1.165, 1.54) is 50.7 Å². The van der Waals surface area contributed by atoms with Crippen LogP contribution in [0.25, 0.3) is 0 Å². The minimum atomic E-state index is -4.66. The van der Waals surface area contributed by atoms with Gasteiger partial charge >= 0.3 is 29.6 Å². The van der Waals surface area contributed by atoms with E-state index in [0.29, 0.717) is 5.75 Å². The predicted molar refractivity (Wildman–Crippen MR) is 104 cm³/mol. The number of hydrogen-bond donors (Lipinski definition) is 1. The van der Waals surface area contributed by atoms with Crippen molar-refractivity contribution >= 4 is 10.1 Å². The fourth-order valence-electron chi connectivity index (χ4n) is 3.01. The average Bonchev–Trinajstić information content (AvgIpc) is 2.60. The Morgan fingerprint density at radius 1 is 0.964 bits per heavy atom. The Morgan fingerprint density at radius 3 is 2.29 bits per heavy atom. The van der Waals surface area contributed by atoms with Crippen molar-refractivity contribution in [3.63, 3.8) is 0 Å². The van der Waals surface area contributed by atoms with E-state index in [4.69, 9.17) is 4.74 Å². The zero-order chi connectivity index (χ0) is 19.7. The van der Waals surface area contributed by atoms with Crippen molar-refractivity contribution in [1.29, 1.82) is 0 Å². The molecule has 0 bridgehead atoms. The number of benzene rings is 2. The molecule has 0 aromatic heterocycles. The van der Waals surface area contributed by atoms with E-state index in [1.54, 1.807) is 6.07 Å². The third kappa shape index (κ3) is 8.13. The van der Waals surface area contributed by atoms with Crippen molar-refractivity contribution < 1.29 is 52.4 Å². The summed E-state index contributed by atoms with van der Waals surface area (Å²) in [5.41, 5.74) is 1.09. The molecule has 0 heterocycles. The van der Waals surface area contributed by atoms with Gasteiger partial charge in [-0.1, -0.05) is 75.5 Å². The maximum Gasteiger partial charge on any atom is 1.00 e. The van der Waals surface area contributed by atoms with Crippen LogP contribution in [0.15, 0.2) is 47.4 Å². The molecule has 28 heavy (non-hydrogen) atoms. The largest absolute Gasteiger partial charge is 1.00 e. The maximum atomic E-state index is 11.8. The molecule has 0 aliphatic heterocycles. The summed E-state index contributed by atoms with van der Waals surface area (Å²) in [4.78, 5) is -0.734. The molecule has 5 nitrogen and oxygen atoms in total. The molecule has 0 saturated heterocycles. The van der Waals surface area contributed by atoms with Gasteiger partial charge in [-0.15, -0.1) is 0 Å². The Hall–Kier alpha value is -1.05. The second-order valence-electron chi connectivity index (χ2n) is 6.68. The maximum absolute atomic E-state index is 11.8. The number of aryl methyl sites for hydroxylation is 1. The van der Waals surface area contributed by atoms with E-state index < -0.39 is 20.8 Å². The third-order valence-corrected chi connectivity index (χ3v) is 5.31. The molecule has 0 radical (unpaired) electrons. The Bertz CT molecular complexity index is 836. The van der Waals surface area contributed by atoms with Crippen molar-refractivity contribution in [2.45, 2.75) is 63.2 Å². The van der Waals surface area contributed by atoms with E-state index >= 15 is 0 Å². The molecular weight excluding hydrogens is 387 g/mol. The monoisotopic (exact) mass is 414 g/mol. The molecule has 2 aromatic carbocycles. The van der Waals surface area contributed by atoms with Crippen LogP contribution in [-0.4, -0.2) is 13.0 Å². The van der Waals surface area contributed by atoms with Gasteiger partial charge < -0.3 is 9.84 Å². The molecule has 0 aliphatic rings. The second kappa shape index (κ2) is 12.5. The molecule has 0 unspecified atom stereocenters. The molecule has 0 amide bonds. The van der Waals surface area contributed by atoms with E-state index in [1.807, 2.05) is 18.2 Å². The first kappa shape index (κ1) is 25.0. The molecule has 0 aliphatic carbocycles. The Labute approximate surface area is 190 Å². The van der Waals surface area contributed by atoms with Crippen molar-refractivity contribution in [1.82, 2.24) is 0 Å². The summed E-state index contributed by atoms with van der Waals surface area (Å²) in [5, 5.41) is 11.8. The molecule has 148 valence electrons. The summed E-state index contributed by atoms with van der Waals surface area (Å²) < 4.78 is 37.8. The zero-order valence-corrected chi connectivity index (χ0v) is 19.5. The van der Waals surface area contributed by atoms with Crippen LogP contribution in [0.4, 0.5) is 0 Å². The van der Waals surface area contributed by atoms with Crippen LogP contribution < -0.4 is 39.4 Å². The van der Waals surface area contributed by atoms with Gasteiger partial charge in [0, 0.05) is 0 Å². The molecule has 7 heteroatoms. The number of unbranched alkanes of at least 4 members (excludes halogenated alkanes) is 6. The predicted octanol–water partition coefficient (Wildman–Crippen LogP) is 2.10. The summed E-state index contributed by atoms with van der Waals surface area (Å²) >= 11 is 0. The number of rotatable bonds is 11. The van der Waals surface area contributed by atoms with Gasteiger partial charge in [-0.3, -0.25) is 4.55 Å². The van der Waals surface area contributed by atoms with Gasteiger partial charge in [0.2, 0.25) is 0 Å². The fraction of sp³-hybridized carbons (Fsp3) is 0.429. The van der Waals surface area contributed by atoms with Crippen LogP contribution in [0.2, 0.25) is 0 Å². The van der Waals surface area contributed by atoms with Gasteiger partial charge in [0.25, 0.3) is 10.1 Å². The summed E-state index contributed by atoms with van der Waals surface area (Å²) in [6, 6.07) is 11.2. The Balaban J connectivity index is 0.00000392. The van der Waals surface area contributed by atoms with Gasteiger partial charge in [-0.25, -0.2) is 0 Å². The standard InChI is InChI=1S/C21H28O5S.Na/c1-2-3-4-5-6-7-8-11-17-12-9-13-18(16-17)26-20-15-10-14-19(22)21(20)27(23,24)25;/h9-10,12-16,22H,2-8,11H2,1H3,(H,23,24,25);/q;+1/p-1. The van der Waals surface area contributed by atoms with Crippen LogP contribution in [0.1, 0.15) is 57.4 Å². The molecular formula is C21H27NaO5S. The van der Waals surface area contributed by atoms with Gasteiger partial charge in [0.05, 0.1) is 0 Å². The van der Waals surface area contributed by atoms with Crippen LogP contribution in [0, 0.1) is 0 Å². The molecule has 2 aromatic rings. The zero-order valence-electron chi connectivity index (χ0n) is 16.7. The smallest absolute Gasteiger partial charge is 0.871 e. The fourth-order valence-corrected chi connectivity index (χ4v) is 3.69. The molecule has 1 N–H and O–H groups in total. The quantitative estimate of drug-likeness (QED) is 0.346. The van der Waals surface area contributed by atoms with Gasteiger partial charge in [0.1, 0.15) is 16.4 Å². The molecule has 0 atom stereocenters. The van der Waals surface area contributed by atoms with Crippen LogP contribution in [0.3, 0.4) is 0 Å². The first-order valence-electron chi connectivity index (χ1n) is 9.46. The normalized spacial score (nSPS) is 11.1. The molecule has 0 fully saturated rings. The van der Waals surface area contributed by atoms with Crippen LogP contribution in [-0.2, 0) is 16.5 Å². The number of hydrogen-bond acceptors (Lipinski definition) is 4. The van der Waals surface area contributed by atoms with Crippen LogP contribution >= 0.6 is 0 Å². The summed E-state index contributed by atoms with van der Waals surface area (Å²) in [7, 11) is -4.66. The van der Waals surface area contributed by atoms with E-state index in [-0.39, 0.29) is 35.3 Å². The third-order valence-electron chi connectivity index (χ3n) is 4.40.